The Balaban J connectivity index is 2.30. The lowest BCUT2D eigenvalue weighted by Gasteiger charge is -2.12. The Kier molecular flexibility index (Phi) is 3.62. The van der Waals surface area contributed by atoms with Gasteiger partial charge in [0, 0.05) is 6.42 Å². The molecule has 1 aliphatic heterocycles. The van der Waals surface area contributed by atoms with E-state index in [9.17, 15) is 9.59 Å². The van der Waals surface area contributed by atoms with Crippen LogP contribution < -0.4 is 9.47 Å². The normalized spacial score (nSPS) is 18.8. The minimum absolute atomic E-state index is 0.00267. The summed E-state index contributed by atoms with van der Waals surface area (Å²) in [6, 6.07) is 4.95. The third-order valence-corrected chi connectivity index (χ3v) is 2.82. The fourth-order valence-corrected chi connectivity index (χ4v) is 1.87. The molecule has 2 rings (SSSR count). The van der Waals surface area contributed by atoms with E-state index in [0.29, 0.717) is 17.1 Å². The van der Waals surface area contributed by atoms with Gasteiger partial charge in [-0.25, -0.2) is 0 Å². The molecule has 5 heteroatoms. The van der Waals surface area contributed by atoms with Crippen molar-refractivity contribution in [2.45, 2.75) is 12.5 Å². The van der Waals surface area contributed by atoms with Crippen LogP contribution in [-0.2, 0) is 9.53 Å². The van der Waals surface area contributed by atoms with E-state index >= 15 is 0 Å². The molecule has 0 aromatic heterocycles. The highest BCUT2D eigenvalue weighted by molar-refractivity contribution is 6.05. The summed E-state index contributed by atoms with van der Waals surface area (Å²) in [4.78, 5) is 23.4. The molecule has 0 radical (unpaired) electrons. The predicted molar refractivity (Wildman–Crippen MR) is 63.2 cm³/mol. The highest BCUT2D eigenvalue weighted by Gasteiger charge is 2.31. The molecule has 18 heavy (non-hydrogen) atoms. The largest absolute Gasteiger partial charge is 0.497 e. The molecule has 0 spiro atoms. The van der Waals surface area contributed by atoms with E-state index in [4.69, 9.17) is 14.2 Å². The van der Waals surface area contributed by atoms with Gasteiger partial charge in [-0.15, -0.1) is 0 Å². The standard InChI is InChI=1S/C13H14O5/c1-16-9-3-4-11(17-2)10(6-9)13(15)12-5-8(14)7-18-12/h3-4,6,12H,5,7H2,1-2H3/t12-/m1/s1. The first-order valence-electron chi connectivity index (χ1n) is 5.55. The lowest BCUT2D eigenvalue weighted by molar-refractivity contribution is -0.117. The van der Waals surface area contributed by atoms with Crippen molar-refractivity contribution in [3.63, 3.8) is 0 Å². The average molecular weight is 250 g/mol. The summed E-state index contributed by atoms with van der Waals surface area (Å²) in [6.07, 6.45) is -0.586. The maximum atomic E-state index is 12.2. The molecule has 1 aromatic carbocycles. The van der Waals surface area contributed by atoms with Crippen molar-refractivity contribution in [3.8, 4) is 11.5 Å². The predicted octanol–water partition coefficient (Wildman–Crippen LogP) is 1.24. The first-order valence-corrected chi connectivity index (χ1v) is 5.55. The first kappa shape index (κ1) is 12.6. The summed E-state index contributed by atoms with van der Waals surface area (Å²) < 4.78 is 15.4. The summed E-state index contributed by atoms with van der Waals surface area (Å²) in [5.74, 6) is 0.694. The second-order valence-corrected chi connectivity index (χ2v) is 3.97. The number of ketones is 2. The van der Waals surface area contributed by atoms with Crippen LogP contribution in [0.15, 0.2) is 18.2 Å². The third-order valence-electron chi connectivity index (χ3n) is 2.82. The number of ether oxygens (including phenoxy) is 3. The molecule has 96 valence electrons. The molecule has 1 saturated heterocycles. The summed E-state index contributed by atoms with van der Waals surface area (Å²) in [5.41, 5.74) is 0.372. The Morgan fingerprint density at radius 2 is 2.11 bits per heavy atom. The molecule has 1 heterocycles. The van der Waals surface area contributed by atoms with Gasteiger partial charge in [0.15, 0.2) is 11.6 Å². The Bertz CT molecular complexity index is 480. The van der Waals surface area contributed by atoms with Crippen molar-refractivity contribution < 1.29 is 23.8 Å². The monoisotopic (exact) mass is 250 g/mol. The Morgan fingerprint density at radius 3 is 2.67 bits per heavy atom. The Hall–Kier alpha value is -1.88. The lowest BCUT2D eigenvalue weighted by atomic mass is 10.0. The second kappa shape index (κ2) is 5.18. The van der Waals surface area contributed by atoms with Gasteiger partial charge in [-0.2, -0.15) is 0 Å². The highest BCUT2D eigenvalue weighted by atomic mass is 16.5. The van der Waals surface area contributed by atoms with Gasteiger partial charge in [-0.1, -0.05) is 0 Å². The number of hydrogen-bond acceptors (Lipinski definition) is 5. The molecule has 1 aliphatic rings. The van der Waals surface area contributed by atoms with Gasteiger partial charge in [-0.05, 0) is 18.2 Å². The fraction of sp³-hybridized carbons (Fsp3) is 0.385. The minimum atomic E-state index is -0.710. The van der Waals surface area contributed by atoms with E-state index in [1.54, 1.807) is 18.2 Å². The molecule has 0 aliphatic carbocycles. The maximum Gasteiger partial charge on any atom is 0.195 e. The summed E-state index contributed by atoms with van der Waals surface area (Å²) >= 11 is 0. The zero-order valence-corrected chi connectivity index (χ0v) is 10.3. The van der Waals surface area contributed by atoms with Crippen molar-refractivity contribution >= 4 is 11.6 Å². The van der Waals surface area contributed by atoms with E-state index in [1.165, 1.54) is 14.2 Å². The van der Waals surface area contributed by atoms with Crippen molar-refractivity contribution in [1.29, 1.82) is 0 Å². The van der Waals surface area contributed by atoms with Crippen molar-refractivity contribution in [1.82, 2.24) is 0 Å². The fourth-order valence-electron chi connectivity index (χ4n) is 1.87. The number of hydrogen-bond donors (Lipinski definition) is 0. The van der Waals surface area contributed by atoms with Gasteiger partial charge in [0.25, 0.3) is 0 Å². The van der Waals surface area contributed by atoms with Crippen LogP contribution in [0, 0.1) is 0 Å². The summed E-state index contributed by atoms with van der Waals surface area (Å²) in [6.45, 7) is 0.00267. The summed E-state index contributed by atoms with van der Waals surface area (Å²) in [5, 5.41) is 0. The molecule has 0 saturated carbocycles. The molecule has 0 unspecified atom stereocenters. The quantitative estimate of drug-likeness (QED) is 0.752. The average Bonchev–Trinajstić information content (AvgIpc) is 2.83. The molecule has 0 bridgehead atoms. The Labute approximate surface area is 105 Å². The topological polar surface area (TPSA) is 61.8 Å². The molecular weight excluding hydrogens is 236 g/mol. The number of carbonyl (C=O) groups is 2. The highest BCUT2D eigenvalue weighted by Crippen LogP contribution is 2.27. The van der Waals surface area contributed by atoms with Crippen LogP contribution in [0.1, 0.15) is 16.8 Å². The van der Waals surface area contributed by atoms with Gasteiger partial charge in [-0.3, -0.25) is 9.59 Å². The van der Waals surface area contributed by atoms with Gasteiger partial charge in [0.1, 0.15) is 24.2 Å². The van der Waals surface area contributed by atoms with E-state index in [-0.39, 0.29) is 24.6 Å². The number of carbonyl (C=O) groups excluding carboxylic acids is 2. The minimum Gasteiger partial charge on any atom is -0.497 e. The van der Waals surface area contributed by atoms with Crippen molar-refractivity contribution in [2.24, 2.45) is 0 Å². The van der Waals surface area contributed by atoms with E-state index in [2.05, 4.69) is 0 Å². The van der Waals surface area contributed by atoms with Crippen LogP contribution in [0.2, 0.25) is 0 Å². The molecule has 0 N–H and O–H groups in total. The van der Waals surface area contributed by atoms with Crippen LogP contribution in [0.4, 0.5) is 0 Å². The van der Waals surface area contributed by atoms with Crippen LogP contribution in [0.25, 0.3) is 0 Å². The molecule has 0 amide bonds. The third kappa shape index (κ3) is 2.36. The molecule has 5 nitrogen and oxygen atoms in total. The number of Topliss-reactive ketones (excluding diaryl/α,β-unsaturated/α-hetero) is 2. The Morgan fingerprint density at radius 1 is 1.33 bits per heavy atom. The second-order valence-electron chi connectivity index (χ2n) is 3.97. The molecule has 1 fully saturated rings. The van der Waals surface area contributed by atoms with Gasteiger partial charge in [0.2, 0.25) is 0 Å². The van der Waals surface area contributed by atoms with Crippen LogP contribution in [0.3, 0.4) is 0 Å². The van der Waals surface area contributed by atoms with Crippen LogP contribution >= 0.6 is 0 Å². The zero-order valence-electron chi connectivity index (χ0n) is 10.3. The van der Waals surface area contributed by atoms with Crippen LogP contribution in [0.5, 0.6) is 11.5 Å². The van der Waals surface area contributed by atoms with Gasteiger partial charge < -0.3 is 14.2 Å². The molecule has 1 aromatic rings. The zero-order chi connectivity index (χ0) is 13.1. The van der Waals surface area contributed by atoms with E-state index < -0.39 is 6.10 Å². The SMILES string of the molecule is COc1ccc(OC)c(C(=O)[C@H]2CC(=O)CO2)c1. The first-order chi connectivity index (χ1) is 8.65. The smallest absolute Gasteiger partial charge is 0.195 e. The van der Waals surface area contributed by atoms with E-state index in [0.717, 1.165) is 0 Å². The lowest BCUT2D eigenvalue weighted by Crippen LogP contribution is -2.20. The molecule has 1 atom stereocenters. The van der Waals surface area contributed by atoms with Crippen molar-refractivity contribution in [3.05, 3.63) is 23.8 Å². The van der Waals surface area contributed by atoms with Gasteiger partial charge >= 0.3 is 0 Å². The maximum absolute atomic E-state index is 12.2. The van der Waals surface area contributed by atoms with Crippen LogP contribution in [-0.4, -0.2) is 38.5 Å². The number of benzene rings is 1. The van der Waals surface area contributed by atoms with Gasteiger partial charge in [0.05, 0.1) is 19.8 Å². The molecular formula is C13H14O5. The van der Waals surface area contributed by atoms with E-state index in [1.807, 2.05) is 0 Å². The summed E-state index contributed by atoms with van der Waals surface area (Å²) in [7, 11) is 3.00. The van der Waals surface area contributed by atoms with Crippen molar-refractivity contribution in [2.75, 3.05) is 20.8 Å². The number of rotatable bonds is 4. The number of methoxy groups -OCH3 is 2.